The van der Waals surface area contributed by atoms with Gasteiger partial charge in [0.15, 0.2) is 0 Å². The maximum absolute atomic E-state index is 12.7. The average molecular weight is 339 g/mol. The third kappa shape index (κ3) is 4.08. The van der Waals surface area contributed by atoms with E-state index in [1.807, 2.05) is 38.1 Å². The molecule has 2 aromatic carbocycles. The summed E-state index contributed by atoms with van der Waals surface area (Å²) in [6.07, 6.45) is 1.49. The number of carboxylic acid groups (broad SMARTS) is 1. The van der Waals surface area contributed by atoms with Gasteiger partial charge in [-0.15, -0.1) is 0 Å². The molecule has 0 unspecified atom stereocenters. The second-order valence-corrected chi connectivity index (χ2v) is 6.39. The normalized spacial score (nSPS) is 13.1. The Bertz CT molecular complexity index is 733. The van der Waals surface area contributed by atoms with Gasteiger partial charge in [0.2, 0.25) is 5.91 Å². The average Bonchev–Trinajstić information content (AvgIpc) is 2.62. The minimum absolute atomic E-state index is 0.118. The molecule has 0 aliphatic rings. The molecule has 0 heterocycles. The SMILES string of the molecule is CCc1cccc(CC)c1NC(=O)C[C@](C)(C(=O)O)c1ccccc1. The predicted octanol–water partition coefficient (Wildman–Crippen LogP) is 4.18. The summed E-state index contributed by atoms with van der Waals surface area (Å²) < 4.78 is 0. The number of carbonyl (C=O) groups excluding carboxylic acids is 1. The van der Waals surface area contributed by atoms with Crippen LogP contribution < -0.4 is 5.32 Å². The highest BCUT2D eigenvalue weighted by Gasteiger charge is 2.37. The molecule has 0 bridgehead atoms. The van der Waals surface area contributed by atoms with Crippen LogP contribution in [-0.2, 0) is 27.8 Å². The fourth-order valence-electron chi connectivity index (χ4n) is 3.02. The standard InChI is InChI=1S/C21H25NO3/c1-4-15-10-9-11-16(5-2)19(15)22-18(23)14-21(3,20(24)25)17-12-7-6-8-13-17/h6-13H,4-5,14H2,1-3H3,(H,22,23)(H,24,25)/t21-/m0/s1. The molecule has 0 saturated carbocycles. The van der Waals surface area contributed by atoms with Crippen LogP contribution in [0, 0.1) is 0 Å². The Kier molecular flexibility index (Phi) is 5.97. The lowest BCUT2D eigenvalue weighted by Crippen LogP contribution is -2.36. The topological polar surface area (TPSA) is 66.4 Å². The molecule has 132 valence electrons. The van der Waals surface area contributed by atoms with Crippen LogP contribution in [-0.4, -0.2) is 17.0 Å². The number of carboxylic acids is 1. The van der Waals surface area contributed by atoms with E-state index in [1.54, 1.807) is 31.2 Å². The summed E-state index contributed by atoms with van der Waals surface area (Å²) in [6, 6.07) is 14.9. The van der Waals surface area contributed by atoms with Gasteiger partial charge in [0.05, 0.1) is 5.41 Å². The number of aryl methyl sites for hydroxylation is 2. The van der Waals surface area contributed by atoms with Crippen molar-refractivity contribution in [1.29, 1.82) is 0 Å². The highest BCUT2D eigenvalue weighted by molar-refractivity contribution is 5.97. The van der Waals surface area contributed by atoms with Gasteiger partial charge in [-0.25, -0.2) is 0 Å². The van der Waals surface area contributed by atoms with Gasteiger partial charge < -0.3 is 10.4 Å². The number of para-hydroxylation sites is 1. The molecule has 25 heavy (non-hydrogen) atoms. The molecular formula is C21H25NO3. The zero-order chi connectivity index (χ0) is 18.4. The van der Waals surface area contributed by atoms with E-state index in [0.717, 1.165) is 29.7 Å². The minimum atomic E-state index is -1.27. The maximum atomic E-state index is 12.7. The summed E-state index contributed by atoms with van der Waals surface area (Å²) in [4.78, 5) is 24.5. The first-order valence-electron chi connectivity index (χ1n) is 8.61. The van der Waals surface area contributed by atoms with Crippen molar-refractivity contribution in [1.82, 2.24) is 0 Å². The van der Waals surface area contributed by atoms with Gasteiger partial charge in [0.25, 0.3) is 0 Å². The molecule has 2 rings (SSSR count). The minimum Gasteiger partial charge on any atom is -0.481 e. The second kappa shape index (κ2) is 7.97. The number of amides is 1. The number of benzene rings is 2. The molecule has 0 saturated heterocycles. The Hall–Kier alpha value is -2.62. The van der Waals surface area contributed by atoms with E-state index >= 15 is 0 Å². The number of hydrogen-bond acceptors (Lipinski definition) is 2. The van der Waals surface area contributed by atoms with Gasteiger partial charge in [-0.1, -0.05) is 62.4 Å². The molecule has 0 aliphatic carbocycles. The predicted molar refractivity (Wildman–Crippen MR) is 99.9 cm³/mol. The van der Waals surface area contributed by atoms with Gasteiger partial charge in [-0.3, -0.25) is 9.59 Å². The van der Waals surface area contributed by atoms with Gasteiger partial charge in [-0.05, 0) is 36.5 Å². The Labute approximate surface area is 148 Å². The van der Waals surface area contributed by atoms with Gasteiger partial charge in [-0.2, -0.15) is 0 Å². The Morgan fingerprint density at radius 3 is 2.00 bits per heavy atom. The summed E-state index contributed by atoms with van der Waals surface area (Å²) in [5.41, 5.74) is 2.29. The van der Waals surface area contributed by atoms with Gasteiger partial charge in [0, 0.05) is 12.1 Å². The van der Waals surface area contributed by atoms with Crippen molar-refractivity contribution in [2.75, 3.05) is 5.32 Å². The van der Waals surface area contributed by atoms with Gasteiger partial charge >= 0.3 is 5.97 Å². The van der Waals surface area contributed by atoms with Crippen LogP contribution in [0.15, 0.2) is 48.5 Å². The number of carbonyl (C=O) groups is 2. The first-order valence-corrected chi connectivity index (χ1v) is 8.61. The lowest BCUT2D eigenvalue weighted by Gasteiger charge is -2.25. The molecule has 1 atom stereocenters. The number of hydrogen-bond donors (Lipinski definition) is 2. The van der Waals surface area contributed by atoms with Crippen molar-refractivity contribution < 1.29 is 14.7 Å². The number of rotatable bonds is 7. The van der Waals surface area contributed by atoms with Crippen molar-refractivity contribution in [3.63, 3.8) is 0 Å². The highest BCUT2D eigenvalue weighted by atomic mass is 16.4. The zero-order valence-corrected chi connectivity index (χ0v) is 15.0. The molecule has 0 aliphatic heterocycles. The van der Waals surface area contributed by atoms with Crippen molar-refractivity contribution in [3.05, 3.63) is 65.2 Å². The van der Waals surface area contributed by atoms with E-state index in [0.29, 0.717) is 5.56 Å². The van der Waals surface area contributed by atoms with E-state index in [9.17, 15) is 14.7 Å². The van der Waals surface area contributed by atoms with E-state index < -0.39 is 11.4 Å². The molecule has 4 heteroatoms. The second-order valence-electron chi connectivity index (χ2n) is 6.39. The monoisotopic (exact) mass is 339 g/mol. The molecule has 0 fully saturated rings. The first kappa shape index (κ1) is 18.7. The zero-order valence-electron chi connectivity index (χ0n) is 15.0. The lowest BCUT2D eigenvalue weighted by atomic mass is 9.79. The van der Waals surface area contributed by atoms with E-state index in [1.165, 1.54) is 0 Å². The summed E-state index contributed by atoms with van der Waals surface area (Å²) in [6.45, 7) is 5.67. The Morgan fingerprint density at radius 2 is 1.52 bits per heavy atom. The number of anilines is 1. The van der Waals surface area contributed by atoms with Crippen LogP contribution >= 0.6 is 0 Å². The summed E-state index contributed by atoms with van der Waals surface area (Å²) in [5, 5.41) is 12.7. The molecule has 2 N–H and O–H groups in total. The van der Waals surface area contributed by atoms with Crippen LogP contribution in [0.4, 0.5) is 5.69 Å². The van der Waals surface area contributed by atoms with Gasteiger partial charge in [0.1, 0.15) is 0 Å². The summed E-state index contributed by atoms with van der Waals surface area (Å²) in [7, 11) is 0. The number of aliphatic carboxylic acids is 1. The van der Waals surface area contributed by atoms with Crippen molar-refractivity contribution in [3.8, 4) is 0 Å². The fraction of sp³-hybridized carbons (Fsp3) is 0.333. The van der Waals surface area contributed by atoms with Crippen molar-refractivity contribution >= 4 is 17.6 Å². The summed E-state index contributed by atoms with van der Waals surface area (Å²) in [5.74, 6) is -1.29. The highest BCUT2D eigenvalue weighted by Crippen LogP contribution is 2.30. The molecule has 0 radical (unpaired) electrons. The molecular weight excluding hydrogens is 314 g/mol. The fourth-order valence-corrected chi connectivity index (χ4v) is 3.02. The Balaban J connectivity index is 2.28. The van der Waals surface area contributed by atoms with Crippen LogP contribution in [0.1, 0.15) is 43.9 Å². The van der Waals surface area contributed by atoms with Crippen molar-refractivity contribution in [2.45, 2.75) is 45.4 Å². The molecule has 0 spiro atoms. The Morgan fingerprint density at radius 1 is 0.960 bits per heavy atom. The van der Waals surface area contributed by atoms with Crippen LogP contribution in [0.2, 0.25) is 0 Å². The third-order valence-electron chi connectivity index (χ3n) is 4.66. The molecule has 1 amide bonds. The van der Waals surface area contributed by atoms with Crippen LogP contribution in [0.3, 0.4) is 0 Å². The van der Waals surface area contributed by atoms with Crippen LogP contribution in [0.5, 0.6) is 0 Å². The molecule has 4 nitrogen and oxygen atoms in total. The van der Waals surface area contributed by atoms with Crippen LogP contribution in [0.25, 0.3) is 0 Å². The smallest absolute Gasteiger partial charge is 0.314 e. The van der Waals surface area contributed by atoms with E-state index in [2.05, 4.69) is 5.32 Å². The van der Waals surface area contributed by atoms with Crippen molar-refractivity contribution in [2.24, 2.45) is 0 Å². The van der Waals surface area contributed by atoms with E-state index in [-0.39, 0.29) is 12.3 Å². The number of nitrogens with one attached hydrogen (secondary N) is 1. The summed E-state index contributed by atoms with van der Waals surface area (Å²) >= 11 is 0. The van der Waals surface area contributed by atoms with E-state index in [4.69, 9.17) is 0 Å². The molecule has 0 aromatic heterocycles. The quantitative estimate of drug-likeness (QED) is 0.795. The lowest BCUT2D eigenvalue weighted by molar-refractivity contribution is -0.145. The maximum Gasteiger partial charge on any atom is 0.314 e. The first-order chi connectivity index (χ1) is 11.9. The third-order valence-corrected chi connectivity index (χ3v) is 4.66. The molecule has 2 aromatic rings. The largest absolute Gasteiger partial charge is 0.481 e.